The van der Waals surface area contributed by atoms with Crippen molar-refractivity contribution in [1.29, 1.82) is 0 Å². The van der Waals surface area contributed by atoms with Crippen LogP contribution in [-0.4, -0.2) is 73.6 Å². The zero-order chi connectivity index (χ0) is 21.7. The first-order valence-corrected chi connectivity index (χ1v) is 10.3. The van der Waals surface area contributed by atoms with Crippen LogP contribution in [0.2, 0.25) is 0 Å². The van der Waals surface area contributed by atoms with Crippen molar-refractivity contribution in [1.82, 2.24) is 20.4 Å². The van der Waals surface area contributed by atoms with Gasteiger partial charge in [0.25, 0.3) is 5.91 Å². The molecule has 2 aliphatic rings. The number of benzene rings is 1. The second kappa shape index (κ2) is 9.80. The minimum Gasteiger partial charge on any atom is -0.493 e. The van der Waals surface area contributed by atoms with E-state index in [-0.39, 0.29) is 18.9 Å². The van der Waals surface area contributed by atoms with Crippen LogP contribution in [0.25, 0.3) is 0 Å². The lowest BCUT2D eigenvalue weighted by atomic mass is 10.1. The number of rotatable bonds is 9. The fourth-order valence-corrected chi connectivity index (χ4v) is 4.06. The summed E-state index contributed by atoms with van der Waals surface area (Å²) < 4.78 is 10.5. The summed E-state index contributed by atoms with van der Waals surface area (Å²) in [4.78, 5) is 40.8. The molecule has 9 nitrogen and oxygen atoms in total. The van der Waals surface area contributed by atoms with E-state index < -0.39 is 18.0 Å². The van der Waals surface area contributed by atoms with Crippen LogP contribution in [0.1, 0.15) is 31.7 Å². The SMILES string of the molecule is CCN1CCC[C@@H]1CNC(=O)C[C@@H]1NC(=O)N(Cc2ccc(OC)c(OC)c2)C1=O. The molecule has 4 amide bonds. The molecular formula is C21H30N4O5. The van der Waals surface area contributed by atoms with Gasteiger partial charge in [-0.15, -0.1) is 0 Å². The molecule has 0 unspecified atom stereocenters. The van der Waals surface area contributed by atoms with E-state index in [1.807, 2.05) is 0 Å². The highest BCUT2D eigenvalue weighted by molar-refractivity contribution is 6.05. The molecule has 0 spiro atoms. The first kappa shape index (κ1) is 21.9. The maximum atomic E-state index is 12.7. The third kappa shape index (κ3) is 4.84. The van der Waals surface area contributed by atoms with Crippen LogP contribution in [0.15, 0.2) is 18.2 Å². The molecule has 0 aromatic heterocycles. The lowest BCUT2D eigenvalue weighted by molar-refractivity contribution is -0.131. The molecule has 3 rings (SSSR count). The van der Waals surface area contributed by atoms with Gasteiger partial charge in [0.05, 0.1) is 27.2 Å². The Morgan fingerprint density at radius 3 is 2.70 bits per heavy atom. The van der Waals surface area contributed by atoms with E-state index in [1.54, 1.807) is 18.2 Å². The van der Waals surface area contributed by atoms with Gasteiger partial charge in [-0.05, 0) is 43.6 Å². The van der Waals surface area contributed by atoms with Crippen LogP contribution >= 0.6 is 0 Å². The summed E-state index contributed by atoms with van der Waals surface area (Å²) in [6.45, 7) is 4.79. The molecule has 30 heavy (non-hydrogen) atoms. The number of urea groups is 1. The maximum Gasteiger partial charge on any atom is 0.325 e. The van der Waals surface area contributed by atoms with E-state index in [0.717, 1.165) is 36.4 Å². The molecule has 1 aromatic rings. The van der Waals surface area contributed by atoms with Crippen molar-refractivity contribution in [2.24, 2.45) is 0 Å². The van der Waals surface area contributed by atoms with Crippen LogP contribution in [0, 0.1) is 0 Å². The number of nitrogens with one attached hydrogen (secondary N) is 2. The Morgan fingerprint density at radius 2 is 2.00 bits per heavy atom. The van der Waals surface area contributed by atoms with E-state index >= 15 is 0 Å². The van der Waals surface area contributed by atoms with Gasteiger partial charge in [0.1, 0.15) is 6.04 Å². The highest BCUT2D eigenvalue weighted by atomic mass is 16.5. The number of imide groups is 1. The summed E-state index contributed by atoms with van der Waals surface area (Å²) in [5.41, 5.74) is 0.724. The van der Waals surface area contributed by atoms with Crippen molar-refractivity contribution in [3.8, 4) is 11.5 Å². The van der Waals surface area contributed by atoms with Gasteiger partial charge in [-0.25, -0.2) is 4.79 Å². The van der Waals surface area contributed by atoms with Gasteiger partial charge in [0.15, 0.2) is 11.5 Å². The van der Waals surface area contributed by atoms with E-state index in [2.05, 4.69) is 22.5 Å². The molecule has 1 aromatic carbocycles. The van der Waals surface area contributed by atoms with Gasteiger partial charge >= 0.3 is 6.03 Å². The molecule has 0 saturated carbocycles. The highest BCUT2D eigenvalue weighted by Crippen LogP contribution is 2.28. The normalized spacial score (nSPS) is 21.6. The molecule has 0 aliphatic carbocycles. The second-order valence-electron chi connectivity index (χ2n) is 7.55. The summed E-state index contributed by atoms with van der Waals surface area (Å²) >= 11 is 0. The zero-order valence-electron chi connectivity index (χ0n) is 17.8. The second-order valence-corrected chi connectivity index (χ2v) is 7.55. The summed E-state index contributed by atoms with van der Waals surface area (Å²) in [5, 5.41) is 5.52. The summed E-state index contributed by atoms with van der Waals surface area (Å²) in [6, 6.07) is 4.21. The lowest BCUT2D eigenvalue weighted by Gasteiger charge is -2.23. The topological polar surface area (TPSA) is 100 Å². The van der Waals surface area contributed by atoms with E-state index in [0.29, 0.717) is 24.1 Å². The lowest BCUT2D eigenvalue weighted by Crippen LogP contribution is -2.42. The quantitative estimate of drug-likeness (QED) is 0.583. The molecule has 2 N–H and O–H groups in total. The molecule has 0 bridgehead atoms. The Morgan fingerprint density at radius 1 is 1.23 bits per heavy atom. The van der Waals surface area contributed by atoms with Crippen molar-refractivity contribution in [2.45, 2.75) is 44.8 Å². The van der Waals surface area contributed by atoms with E-state index in [1.165, 1.54) is 14.2 Å². The fourth-order valence-electron chi connectivity index (χ4n) is 4.06. The molecule has 2 atom stereocenters. The predicted molar refractivity (Wildman–Crippen MR) is 110 cm³/mol. The van der Waals surface area contributed by atoms with Crippen LogP contribution < -0.4 is 20.1 Å². The Kier molecular flexibility index (Phi) is 7.15. The molecule has 2 saturated heterocycles. The molecule has 164 valence electrons. The van der Waals surface area contributed by atoms with Gasteiger partial charge in [-0.1, -0.05) is 13.0 Å². The molecule has 2 heterocycles. The number of hydrogen-bond acceptors (Lipinski definition) is 6. The first-order chi connectivity index (χ1) is 14.5. The first-order valence-electron chi connectivity index (χ1n) is 10.3. The van der Waals surface area contributed by atoms with E-state index in [9.17, 15) is 14.4 Å². The fraction of sp³-hybridized carbons (Fsp3) is 0.571. The third-order valence-electron chi connectivity index (χ3n) is 5.73. The van der Waals surface area contributed by atoms with E-state index in [4.69, 9.17) is 9.47 Å². The van der Waals surface area contributed by atoms with Crippen molar-refractivity contribution < 1.29 is 23.9 Å². The summed E-state index contributed by atoms with van der Waals surface area (Å²) in [5.74, 6) is 0.452. The minimum atomic E-state index is -0.844. The average molecular weight is 418 g/mol. The third-order valence-corrected chi connectivity index (χ3v) is 5.73. The smallest absolute Gasteiger partial charge is 0.325 e. The largest absolute Gasteiger partial charge is 0.493 e. The van der Waals surface area contributed by atoms with Gasteiger partial charge in [-0.2, -0.15) is 0 Å². The number of hydrogen-bond donors (Lipinski definition) is 2. The Balaban J connectivity index is 1.55. The number of ether oxygens (including phenoxy) is 2. The van der Waals surface area contributed by atoms with Gasteiger partial charge in [0, 0.05) is 12.6 Å². The summed E-state index contributed by atoms with van der Waals surface area (Å²) in [7, 11) is 3.06. The minimum absolute atomic E-state index is 0.0636. The van der Waals surface area contributed by atoms with Crippen LogP contribution in [-0.2, 0) is 16.1 Å². The van der Waals surface area contributed by atoms with Crippen molar-refractivity contribution in [3.63, 3.8) is 0 Å². The molecule has 2 aliphatic heterocycles. The van der Waals surface area contributed by atoms with Gasteiger partial charge in [-0.3, -0.25) is 19.4 Å². The van der Waals surface area contributed by atoms with Crippen molar-refractivity contribution in [2.75, 3.05) is 33.9 Å². The number of likely N-dealkylation sites (N-methyl/N-ethyl adjacent to an activating group) is 1. The number of nitrogens with zero attached hydrogens (tertiary/aromatic N) is 2. The van der Waals surface area contributed by atoms with Gasteiger partial charge in [0.2, 0.25) is 5.91 Å². The van der Waals surface area contributed by atoms with Crippen LogP contribution in [0.3, 0.4) is 0 Å². The number of carbonyl (C=O) groups is 3. The average Bonchev–Trinajstić information content (AvgIpc) is 3.31. The van der Waals surface area contributed by atoms with Gasteiger partial charge < -0.3 is 20.1 Å². The Bertz CT molecular complexity index is 800. The molecular weight excluding hydrogens is 388 g/mol. The van der Waals surface area contributed by atoms with Crippen LogP contribution in [0.4, 0.5) is 4.79 Å². The number of carbonyl (C=O) groups excluding carboxylic acids is 3. The highest BCUT2D eigenvalue weighted by Gasteiger charge is 2.39. The summed E-state index contributed by atoms with van der Waals surface area (Å²) in [6.07, 6.45) is 2.13. The zero-order valence-corrected chi connectivity index (χ0v) is 17.8. The maximum absolute atomic E-state index is 12.7. The monoisotopic (exact) mass is 418 g/mol. The standard InChI is InChI=1S/C21H30N4O5/c1-4-24-9-5-6-15(24)12-22-19(26)11-16-20(27)25(21(28)23-16)13-14-7-8-17(29-2)18(10-14)30-3/h7-8,10,15-16H,4-6,9,11-13H2,1-3H3,(H,22,26)(H,23,28)/t15-,16+/m1/s1. The number of likely N-dealkylation sites (tertiary alicyclic amines) is 1. The van der Waals surface area contributed by atoms with Crippen molar-refractivity contribution in [3.05, 3.63) is 23.8 Å². The number of amides is 4. The van der Waals surface area contributed by atoms with Crippen molar-refractivity contribution >= 4 is 17.8 Å². The number of methoxy groups -OCH3 is 2. The Labute approximate surface area is 176 Å². The molecule has 9 heteroatoms. The predicted octanol–water partition coefficient (Wildman–Crippen LogP) is 1.11. The van der Waals surface area contributed by atoms with Crippen LogP contribution in [0.5, 0.6) is 11.5 Å². The molecule has 2 fully saturated rings. The molecule has 0 radical (unpaired) electrons. The Hall–Kier alpha value is -2.81.